The van der Waals surface area contributed by atoms with Crippen molar-refractivity contribution >= 4 is 24.2 Å². The second-order valence-electron chi connectivity index (χ2n) is 6.04. The van der Waals surface area contributed by atoms with Gasteiger partial charge in [0.2, 0.25) is 11.8 Å². The first kappa shape index (κ1) is 21.2. The van der Waals surface area contributed by atoms with Crippen LogP contribution >= 0.6 is 12.4 Å². The molecule has 1 fully saturated rings. The molecule has 0 aromatic rings. The third-order valence-corrected chi connectivity index (χ3v) is 4.25. The largest absolute Gasteiger partial charge is 0.369 e. The topological polar surface area (TPSA) is 84.2 Å². The molecule has 22 heavy (non-hydrogen) atoms. The van der Waals surface area contributed by atoms with Crippen LogP contribution in [0.4, 0.5) is 0 Å². The SMILES string of the molecule is CCCCCCCCCCNC(=O)C1CNCC1C(N)=O.Cl. The fourth-order valence-electron chi connectivity index (χ4n) is 2.85. The van der Waals surface area contributed by atoms with E-state index in [1.165, 1.54) is 38.5 Å². The Labute approximate surface area is 140 Å². The van der Waals surface area contributed by atoms with E-state index in [4.69, 9.17) is 5.73 Å². The molecule has 0 spiro atoms. The van der Waals surface area contributed by atoms with Crippen molar-refractivity contribution in [1.29, 1.82) is 0 Å². The monoisotopic (exact) mass is 333 g/mol. The highest BCUT2D eigenvalue weighted by Gasteiger charge is 2.36. The molecule has 1 saturated heterocycles. The fraction of sp³-hybridized carbons (Fsp3) is 0.875. The highest BCUT2D eigenvalue weighted by Crippen LogP contribution is 2.16. The van der Waals surface area contributed by atoms with Crippen molar-refractivity contribution in [1.82, 2.24) is 10.6 Å². The van der Waals surface area contributed by atoms with Gasteiger partial charge in [0.05, 0.1) is 11.8 Å². The van der Waals surface area contributed by atoms with Gasteiger partial charge < -0.3 is 16.4 Å². The summed E-state index contributed by atoms with van der Waals surface area (Å²) in [5, 5.41) is 5.99. The predicted molar refractivity (Wildman–Crippen MR) is 91.9 cm³/mol. The molecule has 5 nitrogen and oxygen atoms in total. The summed E-state index contributed by atoms with van der Waals surface area (Å²) >= 11 is 0. The lowest BCUT2D eigenvalue weighted by atomic mass is 9.94. The average molecular weight is 334 g/mol. The van der Waals surface area contributed by atoms with Crippen LogP contribution in [-0.2, 0) is 9.59 Å². The zero-order chi connectivity index (χ0) is 15.5. The first-order valence-corrected chi connectivity index (χ1v) is 8.44. The summed E-state index contributed by atoms with van der Waals surface area (Å²) in [6.45, 7) is 4.00. The van der Waals surface area contributed by atoms with E-state index >= 15 is 0 Å². The van der Waals surface area contributed by atoms with Crippen molar-refractivity contribution in [3.05, 3.63) is 0 Å². The lowest BCUT2D eigenvalue weighted by Gasteiger charge is -2.15. The molecule has 0 aliphatic carbocycles. The maximum Gasteiger partial charge on any atom is 0.225 e. The van der Waals surface area contributed by atoms with Gasteiger partial charge in [-0.1, -0.05) is 51.9 Å². The summed E-state index contributed by atoms with van der Waals surface area (Å²) in [6.07, 6.45) is 10.0. The second kappa shape index (κ2) is 12.7. The predicted octanol–water partition coefficient (Wildman–Crippen LogP) is 1.99. The Bertz CT molecular complexity index is 327. The Hall–Kier alpha value is -0.810. The van der Waals surface area contributed by atoms with Crippen molar-refractivity contribution < 1.29 is 9.59 Å². The van der Waals surface area contributed by atoms with Crippen LogP contribution in [0.3, 0.4) is 0 Å². The molecule has 0 saturated carbocycles. The van der Waals surface area contributed by atoms with Gasteiger partial charge in [-0.2, -0.15) is 0 Å². The first-order valence-electron chi connectivity index (χ1n) is 8.44. The van der Waals surface area contributed by atoms with E-state index in [2.05, 4.69) is 17.6 Å². The fourth-order valence-corrected chi connectivity index (χ4v) is 2.85. The molecule has 2 amide bonds. The highest BCUT2D eigenvalue weighted by atomic mass is 35.5. The van der Waals surface area contributed by atoms with E-state index in [1.807, 2.05) is 0 Å². The molecule has 1 heterocycles. The molecule has 0 aromatic heterocycles. The van der Waals surface area contributed by atoms with Crippen LogP contribution in [0.5, 0.6) is 0 Å². The Balaban J connectivity index is 0.00000441. The van der Waals surface area contributed by atoms with E-state index in [-0.39, 0.29) is 36.1 Å². The zero-order valence-corrected chi connectivity index (χ0v) is 14.6. The number of halogens is 1. The second-order valence-corrected chi connectivity index (χ2v) is 6.04. The van der Waals surface area contributed by atoms with Crippen molar-refractivity contribution in [2.45, 2.75) is 58.3 Å². The lowest BCUT2D eigenvalue weighted by molar-refractivity contribution is -0.131. The number of primary amides is 1. The van der Waals surface area contributed by atoms with Crippen molar-refractivity contribution in [3.8, 4) is 0 Å². The molecule has 4 N–H and O–H groups in total. The standard InChI is InChI=1S/C16H31N3O2.ClH/c1-2-3-4-5-6-7-8-9-10-19-16(21)14-12-18-11-13(14)15(17)20;/h13-14,18H,2-12H2,1H3,(H2,17,20)(H,19,21);1H. The van der Waals surface area contributed by atoms with Crippen LogP contribution in [-0.4, -0.2) is 31.4 Å². The van der Waals surface area contributed by atoms with Crippen LogP contribution in [0.15, 0.2) is 0 Å². The molecular formula is C16H32ClN3O2. The maximum atomic E-state index is 12.0. The van der Waals surface area contributed by atoms with Gasteiger partial charge >= 0.3 is 0 Å². The van der Waals surface area contributed by atoms with E-state index < -0.39 is 0 Å². The average Bonchev–Trinajstić information content (AvgIpc) is 2.95. The van der Waals surface area contributed by atoms with Gasteiger partial charge in [-0.05, 0) is 6.42 Å². The Morgan fingerprint density at radius 1 is 1.00 bits per heavy atom. The first-order chi connectivity index (χ1) is 10.2. The highest BCUT2D eigenvalue weighted by molar-refractivity contribution is 5.87. The number of hydrogen-bond acceptors (Lipinski definition) is 3. The van der Waals surface area contributed by atoms with E-state index in [1.54, 1.807) is 0 Å². The van der Waals surface area contributed by atoms with Crippen LogP contribution in [0.25, 0.3) is 0 Å². The summed E-state index contributed by atoms with van der Waals surface area (Å²) in [5.41, 5.74) is 5.31. The van der Waals surface area contributed by atoms with Crippen LogP contribution in [0.1, 0.15) is 58.3 Å². The van der Waals surface area contributed by atoms with Gasteiger partial charge in [0.25, 0.3) is 0 Å². The molecule has 0 aromatic carbocycles. The number of carbonyl (C=O) groups excluding carboxylic acids is 2. The number of nitrogens with two attached hydrogens (primary N) is 1. The molecule has 0 bridgehead atoms. The number of unbranched alkanes of at least 4 members (excludes halogenated alkanes) is 7. The van der Waals surface area contributed by atoms with Gasteiger partial charge in [-0.15, -0.1) is 12.4 Å². The summed E-state index contributed by atoms with van der Waals surface area (Å²) < 4.78 is 0. The zero-order valence-electron chi connectivity index (χ0n) is 13.7. The Morgan fingerprint density at radius 3 is 2.14 bits per heavy atom. The molecular weight excluding hydrogens is 302 g/mol. The Morgan fingerprint density at radius 2 is 1.55 bits per heavy atom. The van der Waals surface area contributed by atoms with Gasteiger partial charge in [0.1, 0.15) is 0 Å². The Kier molecular flexibility index (Phi) is 12.2. The maximum absolute atomic E-state index is 12.0. The number of carbonyl (C=O) groups is 2. The number of nitrogens with one attached hydrogen (secondary N) is 2. The summed E-state index contributed by atoms with van der Waals surface area (Å²) in [5.74, 6) is -1.07. The lowest BCUT2D eigenvalue weighted by Crippen LogP contribution is -2.39. The van der Waals surface area contributed by atoms with Crippen molar-refractivity contribution in [3.63, 3.8) is 0 Å². The summed E-state index contributed by atoms with van der Waals surface area (Å²) in [7, 11) is 0. The molecule has 1 rings (SSSR count). The molecule has 2 atom stereocenters. The molecule has 6 heteroatoms. The van der Waals surface area contributed by atoms with E-state index in [0.29, 0.717) is 19.6 Å². The number of hydrogen-bond donors (Lipinski definition) is 3. The molecule has 2 unspecified atom stereocenters. The van der Waals surface area contributed by atoms with Crippen LogP contribution in [0, 0.1) is 11.8 Å². The summed E-state index contributed by atoms with van der Waals surface area (Å²) in [6, 6.07) is 0. The minimum atomic E-state index is -0.382. The molecule has 1 aliphatic rings. The van der Waals surface area contributed by atoms with Crippen molar-refractivity contribution in [2.24, 2.45) is 17.6 Å². The quantitative estimate of drug-likeness (QED) is 0.505. The smallest absolute Gasteiger partial charge is 0.225 e. The third kappa shape index (κ3) is 7.99. The normalized spacial score (nSPS) is 20.4. The van der Waals surface area contributed by atoms with Gasteiger partial charge in [-0.3, -0.25) is 9.59 Å². The molecule has 0 radical (unpaired) electrons. The van der Waals surface area contributed by atoms with Gasteiger partial charge in [-0.25, -0.2) is 0 Å². The third-order valence-electron chi connectivity index (χ3n) is 4.25. The minimum Gasteiger partial charge on any atom is -0.369 e. The molecule has 1 aliphatic heterocycles. The van der Waals surface area contributed by atoms with Gasteiger partial charge in [0, 0.05) is 19.6 Å². The minimum absolute atomic E-state index is 0. The van der Waals surface area contributed by atoms with E-state index in [0.717, 1.165) is 12.8 Å². The number of amides is 2. The van der Waals surface area contributed by atoms with Gasteiger partial charge in [0.15, 0.2) is 0 Å². The summed E-state index contributed by atoms with van der Waals surface area (Å²) in [4.78, 5) is 23.3. The van der Waals surface area contributed by atoms with E-state index in [9.17, 15) is 9.59 Å². The van der Waals surface area contributed by atoms with Crippen LogP contribution < -0.4 is 16.4 Å². The molecule has 130 valence electrons. The van der Waals surface area contributed by atoms with Crippen molar-refractivity contribution in [2.75, 3.05) is 19.6 Å². The number of rotatable bonds is 11. The van der Waals surface area contributed by atoms with Crippen LogP contribution in [0.2, 0.25) is 0 Å².